The van der Waals surface area contributed by atoms with Gasteiger partial charge in [0.1, 0.15) is 5.82 Å². The molecule has 0 saturated carbocycles. The fourth-order valence-electron chi connectivity index (χ4n) is 1.57. The molecule has 28 heavy (non-hydrogen) atoms. The lowest BCUT2D eigenvalue weighted by molar-refractivity contribution is -0.472. The van der Waals surface area contributed by atoms with Gasteiger partial charge >= 0.3 is 30.2 Å². The molecule has 0 bridgehead atoms. The van der Waals surface area contributed by atoms with Crippen LogP contribution in [0.15, 0.2) is 18.2 Å². The number of rotatable bonds is 5. The second kappa shape index (κ2) is 7.00. The highest BCUT2D eigenvalue weighted by molar-refractivity contribution is 5.97. The summed E-state index contributed by atoms with van der Waals surface area (Å²) in [5, 5.41) is 0.953. The minimum Gasteiger partial charge on any atom is -0.320 e. The van der Waals surface area contributed by atoms with Crippen LogP contribution in [0.5, 0.6) is 0 Å². The molecule has 3 nitrogen and oxygen atoms in total. The zero-order chi connectivity index (χ0) is 22.3. The number of hydrogen-bond donors (Lipinski definition) is 1. The minimum atomic E-state index is -7.29. The number of halogens is 12. The third kappa shape index (κ3) is 4.28. The molecule has 0 aliphatic heterocycles. The highest BCUT2D eigenvalue weighted by Gasteiger charge is 2.79. The van der Waals surface area contributed by atoms with E-state index in [1.165, 1.54) is 0 Å². The molecule has 160 valence electrons. The molecule has 0 aromatic heterocycles. The normalized spacial score (nSPS) is 15.9. The van der Waals surface area contributed by atoms with Crippen molar-refractivity contribution < 1.29 is 62.2 Å². The van der Waals surface area contributed by atoms with Crippen molar-refractivity contribution in [2.24, 2.45) is 0 Å². The van der Waals surface area contributed by atoms with Crippen molar-refractivity contribution in [1.29, 1.82) is 0 Å². The van der Waals surface area contributed by atoms with E-state index >= 15 is 0 Å². The fraction of sp³-hybridized carbons (Fsp3) is 0.462. The molecule has 0 radical (unpaired) electrons. The van der Waals surface area contributed by atoms with E-state index in [-0.39, 0.29) is 5.56 Å². The van der Waals surface area contributed by atoms with Crippen molar-refractivity contribution in [3.05, 3.63) is 29.6 Å². The van der Waals surface area contributed by atoms with Crippen LogP contribution < -0.4 is 5.32 Å². The maximum atomic E-state index is 14.0. The second-order valence-electron chi connectivity index (χ2n) is 5.20. The van der Waals surface area contributed by atoms with Gasteiger partial charge in [0.25, 0.3) is 5.91 Å². The summed E-state index contributed by atoms with van der Waals surface area (Å²) in [6, 6.07) is 1.87. The molecule has 0 saturated heterocycles. The molecule has 0 aliphatic carbocycles. The summed E-state index contributed by atoms with van der Waals surface area (Å²) in [5.74, 6) is -18.1. The Morgan fingerprint density at radius 2 is 1.39 bits per heavy atom. The summed E-state index contributed by atoms with van der Waals surface area (Å²) in [6.45, 7) is 1.02. The highest BCUT2D eigenvalue weighted by atomic mass is 19.4. The molecule has 1 atom stereocenters. The van der Waals surface area contributed by atoms with Crippen LogP contribution in [0.4, 0.5) is 58.4 Å². The van der Waals surface area contributed by atoms with E-state index in [0.29, 0.717) is 6.07 Å². The van der Waals surface area contributed by atoms with Crippen molar-refractivity contribution in [3.8, 4) is 0 Å². The van der Waals surface area contributed by atoms with Crippen molar-refractivity contribution in [3.63, 3.8) is 0 Å². The molecular weight excluding hydrogens is 430 g/mol. The van der Waals surface area contributed by atoms with Gasteiger partial charge in [-0.1, -0.05) is 6.07 Å². The van der Waals surface area contributed by atoms with Gasteiger partial charge in [-0.25, -0.2) is 4.39 Å². The zero-order valence-corrected chi connectivity index (χ0v) is 13.1. The Hall–Kier alpha value is -2.19. The second-order valence-corrected chi connectivity index (χ2v) is 5.20. The van der Waals surface area contributed by atoms with Crippen LogP contribution in [-0.2, 0) is 9.53 Å². The Morgan fingerprint density at radius 1 is 0.893 bits per heavy atom. The first-order valence-electron chi connectivity index (χ1n) is 6.62. The van der Waals surface area contributed by atoms with Crippen LogP contribution in [0, 0.1) is 12.7 Å². The number of amides is 1. The Morgan fingerprint density at radius 3 is 1.82 bits per heavy atom. The van der Waals surface area contributed by atoms with Crippen LogP contribution in [-0.4, -0.2) is 36.1 Å². The number of nitrogens with one attached hydrogen (secondary N) is 1. The van der Waals surface area contributed by atoms with Gasteiger partial charge in [-0.3, -0.25) is 9.53 Å². The van der Waals surface area contributed by atoms with E-state index in [4.69, 9.17) is 0 Å². The Kier molecular flexibility index (Phi) is 5.97. The summed E-state index contributed by atoms with van der Waals surface area (Å²) < 4.78 is 155. The summed E-state index contributed by atoms with van der Waals surface area (Å²) in [6.07, 6.45) is -21.1. The van der Waals surface area contributed by atoms with Crippen LogP contribution in [0.2, 0.25) is 0 Å². The van der Waals surface area contributed by atoms with Gasteiger partial charge in [0.2, 0.25) is 0 Å². The van der Waals surface area contributed by atoms with Gasteiger partial charge in [-0.15, -0.1) is 0 Å². The molecule has 1 N–H and O–H groups in total. The summed E-state index contributed by atoms with van der Waals surface area (Å²) in [7, 11) is 0. The van der Waals surface area contributed by atoms with Crippen LogP contribution in [0.1, 0.15) is 5.56 Å². The first-order valence-corrected chi connectivity index (χ1v) is 6.62. The fourth-order valence-corrected chi connectivity index (χ4v) is 1.57. The number of anilines is 1. The van der Waals surface area contributed by atoms with Crippen LogP contribution >= 0.6 is 0 Å². The maximum absolute atomic E-state index is 14.0. The smallest absolute Gasteiger partial charge is 0.320 e. The number of carbonyl (C=O) groups excluding carboxylic acids is 1. The maximum Gasteiger partial charge on any atom is 0.462 e. The predicted octanol–water partition coefficient (Wildman–Crippen LogP) is 5.11. The van der Waals surface area contributed by atoms with E-state index in [9.17, 15) is 57.5 Å². The highest BCUT2D eigenvalue weighted by Crippen LogP contribution is 2.51. The molecule has 0 heterocycles. The molecule has 1 amide bonds. The largest absolute Gasteiger partial charge is 0.462 e. The van der Waals surface area contributed by atoms with E-state index in [0.717, 1.165) is 24.4 Å². The average Bonchev–Trinajstić information content (AvgIpc) is 2.47. The third-order valence-electron chi connectivity index (χ3n) is 3.09. The number of hydrogen-bond acceptors (Lipinski definition) is 2. The lowest BCUT2D eigenvalue weighted by atomic mass is 10.1. The first kappa shape index (κ1) is 23.8. The molecule has 0 fully saturated rings. The predicted molar refractivity (Wildman–Crippen MR) is 66.7 cm³/mol. The van der Waals surface area contributed by atoms with Crippen molar-refractivity contribution in [1.82, 2.24) is 0 Å². The van der Waals surface area contributed by atoms with Gasteiger partial charge < -0.3 is 5.32 Å². The van der Waals surface area contributed by atoms with Crippen molar-refractivity contribution in [2.45, 2.75) is 37.2 Å². The van der Waals surface area contributed by atoms with Gasteiger partial charge in [-0.05, 0) is 24.6 Å². The molecule has 0 aliphatic rings. The van der Waals surface area contributed by atoms with Crippen LogP contribution in [0.25, 0.3) is 0 Å². The molecule has 1 rings (SSSR count). The monoisotopic (exact) mass is 437 g/mol. The number of benzene rings is 1. The quantitative estimate of drug-likeness (QED) is 0.651. The van der Waals surface area contributed by atoms with Gasteiger partial charge in [0, 0.05) is 5.69 Å². The standard InChI is InChI=1S/C13H7F12NO2/c1-5-2-3-6(14)4-7(5)26-8(27)9(15,11(18,19)20)28-13(24,25)10(16,17)12(21,22)23/h2-4H,1H3,(H,26,27). The van der Waals surface area contributed by atoms with E-state index in [1.54, 1.807) is 0 Å². The summed E-state index contributed by atoms with van der Waals surface area (Å²) >= 11 is 0. The number of carbonyl (C=O) groups is 1. The van der Waals surface area contributed by atoms with Crippen molar-refractivity contribution >= 4 is 11.6 Å². The molecule has 1 aromatic rings. The van der Waals surface area contributed by atoms with Gasteiger partial charge in [0.05, 0.1) is 0 Å². The van der Waals surface area contributed by atoms with E-state index in [2.05, 4.69) is 4.74 Å². The molecule has 1 aromatic carbocycles. The van der Waals surface area contributed by atoms with Gasteiger partial charge in [-0.2, -0.15) is 48.3 Å². The molecule has 1 unspecified atom stereocenters. The number of ether oxygens (including phenoxy) is 1. The van der Waals surface area contributed by atoms with E-state index < -0.39 is 47.7 Å². The average molecular weight is 437 g/mol. The van der Waals surface area contributed by atoms with Crippen molar-refractivity contribution in [2.75, 3.05) is 5.32 Å². The number of aryl methyl sites for hydroxylation is 1. The summed E-state index contributed by atoms with van der Waals surface area (Å²) in [4.78, 5) is 11.5. The lowest BCUT2D eigenvalue weighted by Gasteiger charge is -2.34. The Balaban J connectivity index is 3.36. The third-order valence-corrected chi connectivity index (χ3v) is 3.09. The lowest BCUT2D eigenvalue weighted by Crippen LogP contribution is -2.62. The first-order chi connectivity index (χ1) is 12.3. The van der Waals surface area contributed by atoms with Gasteiger partial charge in [0.15, 0.2) is 0 Å². The molecule has 15 heteroatoms. The Labute approximate surface area is 147 Å². The number of alkyl halides is 11. The van der Waals surface area contributed by atoms with Crippen LogP contribution in [0.3, 0.4) is 0 Å². The SMILES string of the molecule is Cc1ccc(F)cc1NC(=O)C(F)(OC(F)(F)C(F)(F)C(F)(F)F)C(F)(F)F. The topological polar surface area (TPSA) is 38.3 Å². The molecule has 0 spiro atoms. The molecular formula is C13H7F12NO2. The zero-order valence-electron chi connectivity index (χ0n) is 13.1. The summed E-state index contributed by atoms with van der Waals surface area (Å²) in [5.41, 5.74) is -1.17. The Bertz CT molecular complexity index is 742. The minimum absolute atomic E-state index is 0.244. The van der Waals surface area contributed by atoms with E-state index in [1.807, 2.05) is 0 Å².